The molecule has 1 N–H and O–H groups in total. The first-order valence-electron chi connectivity index (χ1n) is 7.22. The molecule has 1 aromatic carbocycles. The summed E-state index contributed by atoms with van der Waals surface area (Å²) in [5, 5.41) is 2.64. The molecule has 1 aliphatic rings. The van der Waals surface area contributed by atoms with Gasteiger partial charge in [-0.2, -0.15) is 0 Å². The van der Waals surface area contributed by atoms with E-state index in [4.69, 9.17) is 16.6 Å². The van der Waals surface area contributed by atoms with E-state index in [2.05, 4.69) is 21.2 Å². The Morgan fingerprint density at radius 1 is 1.32 bits per heavy atom. The van der Waals surface area contributed by atoms with Crippen molar-refractivity contribution < 1.29 is 14.0 Å². The van der Waals surface area contributed by atoms with Crippen LogP contribution in [0, 0.1) is 17.6 Å². The van der Waals surface area contributed by atoms with Gasteiger partial charge in [0, 0.05) is 22.6 Å². The standard InChI is InChI=1S/C17H12BrIN2O3S/c1-8-4-3-5-13(9(8)2)21-16(23)11(15(22)20-17(21)25)6-10-7-12(18)14(19)24-10/h3-7H,1-2H3,(H,20,22,25)/b11-6+. The van der Waals surface area contributed by atoms with Gasteiger partial charge in [-0.15, -0.1) is 0 Å². The molecule has 2 heterocycles. The fourth-order valence-electron chi connectivity index (χ4n) is 2.43. The SMILES string of the molecule is Cc1cccc(N2C(=O)/C(=C/c3cc(Br)c(I)o3)C(=O)NC2=S)c1C. The molecule has 128 valence electrons. The van der Waals surface area contributed by atoms with Gasteiger partial charge < -0.3 is 4.42 Å². The number of aryl methyl sites for hydroxylation is 1. The molecular formula is C17H12BrIN2O3S. The van der Waals surface area contributed by atoms with Gasteiger partial charge in [0.1, 0.15) is 11.3 Å². The molecule has 1 fully saturated rings. The molecule has 0 radical (unpaired) electrons. The van der Waals surface area contributed by atoms with E-state index >= 15 is 0 Å². The number of thiocarbonyl (C=S) groups is 1. The Balaban J connectivity index is 2.07. The second-order valence-electron chi connectivity index (χ2n) is 5.45. The third-order valence-corrected chi connectivity index (χ3v) is 6.29. The highest BCUT2D eigenvalue weighted by Crippen LogP contribution is 2.29. The van der Waals surface area contributed by atoms with Gasteiger partial charge in [0.25, 0.3) is 11.8 Å². The third-order valence-electron chi connectivity index (χ3n) is 3.87. The number of rotatable bonds is 2. The van der Waals surface area contributed by atoms with E-state index in [1.807, 2.05) is 48.6 Å². The number of hydrogen-bond acceptors (Lipinski definition) is 4. The summed E-state index contributed by atoms with van der Waals surface area (Å²) in [4.78, 5) is 26.6. The van der Waals surface area contributed by atoms with Crippen LogP contribution >= 0.6 is 50.7 Å². The van der Waals surface area contributed by atoms with Gasteiger partial charge in [0.05, 0.1) is 10.2 Å². The topological polar surface area (TPSA) is 62.6 Å². The molecular weight excluding hydrogens is 519 g/mol. The maximum absolute atomic E-state index is 13.0. The summed E-state index contributed by atoms with van der Waals surface area (Å²) in [5.74, 6) is -0.618. The number of nitrogens with zero attached hydrogens (tertiary/aromatic N) is 1. The third kappa shape index (κ3) is 3.42. The van der Waals surface area contributed by atoms with Crippen LogP contribution in [0.25, 0.3) is 6.08 Å². The number of carbonyl (C=O) groups is 2. The molecule has 1 aliphatic heterocycles. The summed E-state index contributed by atoms with van der Waals surface area (Å²) < 4.78 is 6.89. The summed E-state index contributed by atoms with van der Waals surface area (Å²) in [7, 11) is 0. The normalized spacial score (nSPS) is 16.6. The lowest BCUT2D eigenvalue weighted by Gasteiger charge is -2.30. The monoisotopic (exact) mass is 530 g/mol. The predicted molar refractivity (Wildman–Crippen MR) is 111 cm³/mol. The Hall–Kier alpha value is -1.52. The molecule has 2 aromatic rings. The number of benzene rings is 1. The molecule has 1 saturated heterocycles. The Morgan fingerprint density at radius 2 is 2.04 bits per heavy atom. The van der Waals surface area contributed by atoms with E-state index < -0.39 is 11.8 Å². The molecule has 0 saturated carbocycles. The fourth-order valence-corrected chi connectivity index (χ4v) is 3.42. The first-order chi connectivity index (χ1) is 11.8. The first-order valence-corrected chi connectivity index (χ1v) is 9.50. The van der Waals surface area contributed by atoms with Crippen molar-refractivity contribution in [2.24, 2.45) is 0 Å². The van der Waals surface area contributed by atoms with Crippen LogP contribution in [-0.4, -0.2) is 16.9 Å². The van der Waals surface area contributed by atoms with Crippen molar-refractivity contribution in [2.45, 2.75) is 13.8 Å². The molecule has 25 heavy (non-hydrogen) atoms. The largest absolute Gasteiger partial charge is 0.450 e. The Kier molecular flexibility index (Phi) is 5.12. The van der Waals surface area contributed by atoms with Gasteiger partial charge in [0.2, 0.25) is 0 Å². The Morgan fingerprint density at radius 3 is 2.68 bits per heavy atom. The second kappa shape index (κ2) is 7.00. The summed E-state index contributed by atoms with van der Waals surface area (Å²) >= 11 is 10.6. The number of amides is 2. The zero-order chi connectivity index (χ0) is 18.3. The fraction of sp³-hybridized carbons (Fsp3) is 0.118. The van der Waals surface area contributed by atoms with Gasteiger partial charge >= 0.3 is 0 Å². The van der Waals surface area contributed by atoms with Crippen LogP contribution in [0.1, 0.15) is 16.9 Å². The van der Waals surface area contributed by atoms with E-state index in [1.54, 1.807) is 12.1 Å². The number of furan rings is 1. The van der Waals surface area contributed by atoms with Gasteiger partial charge in [-0.3, -0.25) is 19.8 Å². The highest BCUT2D eigenvalue weighted by atomic mass is 127. The zero-order valence-corrected chi connectivity index (χ0v) is 17.8. The number of halogens is 2. The van der Waals surface area contributed by atoms with Gasteiger partial charge in [0.15, 0.2) is 8.88 Å². The second-order valence-corrected chi connectivity index (χ2v) is 7.67. The van der Waals surface area contributed by atoms with Crippen molar-refractivity contribution in [3.05, 3.63) is 55.0 Å². The van der Waals surface area contributed by atoms with Crippen molar-refractivity contribution in [2.75, 3.05) is 4.90 Å². The molecule has 0 bridgehead atoms. The minimum absolute atomic E-state index is 0.0350. The van der Waals surface area contributed by atoms with Crippen molar-refractivity contribution in [1.29, 1.82) is 0 Å². The summed E-state index contributed by atoms with van der Waals surface area (Å²) in [6, 6.07) is 7.30. The predicted octanol–water partition coefficient (Wildman–Crippen LogP) is 4.09. The molecule has 5 nitrogen and oxygen atoms in total. The Bertz CT molecular complexity index is 932. The number of hydrogen-bond donors (Lipinski definition) is 1. The maximum Gasteiger partial charge on any atom is 0.270 e. The zero-order valence-electron chi connectivity index (χ0n) is 13.2. The number of nitrogens with one attached hydrogen (secondary N) is 1. The van der Waals surface area contributed by atoms with Gasteiger partial charge in [-0.25, -0.2) is 0 Å². The van der Waals surface area contributed by atoms with Crippen LogP contribution in [0.4, 0.5) is 5.69 Å². The molecule has 0 spiro atoms. The van der Waals surface area contributed by atoms with Crippen LogP contribution in [0.3, 0.4) is 0 Å². The summed E-state index contributed by atoms with van der Waals surface area (Å²) in [6.07, 6.45) is 1.42. The smallest absolute Gasteiger partial charge is 0.270 e. The quantitative estimate of drug-likeness (QED) is 0.275. The molecule has 0 unspecified atom stereocenters. The Labute approximate surface area is 171 Å². The lowest BCUT2D eigenvalue weighted by atomic mass is 10.0. The van der Waals surface area contributed by atoms with Gasteiger partial charge in [-0.05, 0) is 71.3 Å². The minimum Gasteiger partial charge on any atom is -0.450 e. The van der Waals surface area contributed by atoms with Gasteiger partial charge in [-0.1, -0.05) is 12.1 Å². The lowest BCUT2D eigenvalue weighted by Crippen LogP contribution is -2.54. The number of anilines is 1. The van der Waals surface area contributed by atoms with Crippen molar-refractivity contribution in [3.8, 4) is 0 Å². The van der Waals surface area contributed by atoms with Crippen LogP contribution in [-0.2, 0) is 9.59 Å². The molecule has 2 amide bonds. The van der Waals surface area contributed by atoms with Crippen LogP contribution < -0.4 is 10.2 Å². The van der Waals surface area contributed by atoms with E-state index in [0.29, 0.717) is 15.2 Å². The van der Waals surface area contributed by atoms with E-state index in [-0.39, 0.29) is 10.7 Å². The molecule has 0 atom stereocenters. The summed E-state index contributed by atoms with van der Waals surface area (Å²) in [6.45, 7) is 3.86. The van der Waals surface area contributed by atoms with Crippen molar-refractivity contribution in [3.63, 3.8) is 0 Å². The average molecular weight is 531 g/mol. The van der Waals surface area contributed by atoms with E-state index in [0.717, 1.165) is 15.6 Å². The lowest BCUT2D eigenvalue weighted by molar-refractivity contribution is -0.122. The molecule has 3 rings (SSSR count). The average Bonchev–Trinajstić information content (AvgIpc) is 2.86. The maximum atomic E-state index is 13.0. The van der Waals surface area contributed by atoms with E-state index in [1.165, 1.54) is 11.0 Å². The highest BCUT2D eigenvalue weighted by molar-refractivity contribution is 14.1. The van der Waals surface area contributed by atoms with Crippen LogP contribution in [0.2, 0.25) is 0 Å². The van der Waals surface area contributed by atoms with Crippen LogP contribution in [0.5, 0.6) is 0 Å². The van der Waals surface area contributed by atoms with Crippen molar-refractivity contribution in [1.82, 2.24) is 5.32 Å². The molecule has 8 heteroatoms. The minimum atomic E-state index is -0.543. The number of carbonyl (C=O) groups excluding carboxylic acids is 2. The van der Waals surface area contributed by atoms with E-state index in [9.17, 15) is 9.59 Å². The van der Waals surface area contributed by atoms with Crippen LogP contribution in [0.15, 0.2) is 38.7 Å². The molecule has 1 aromatic heterocycles. The highest BCUT2D eigenvalue weighted by Gasteiger charge is 2.35. The molecule has 0 aliphatic carbocycles. The summed E-state index contributed by atoms with van der Waals surface area (Å²) in [5.41, 5.74) is 2.56. The van der Waals surface area contributed by atoms with Crippen molar-refractivity contribution >= 4 is 79.4 Å². The first kappa shape index (κ1) is 18.3.